The summed E-state index contributed by atoms with van der Waals surface area (Å²) in [6.45, 7) is 0. The first-order valence-corrected chi connectivity index (χ1v) is 5.19. The van der Waals surface area contributed by atoms with Crippen LogP contribution in [0.5, 0.6) is 11.5 Å². The standard InChI is InChI=1S/C13H14O3/c1-15-12-5-6-13(16-2)11-7-9(8-14)3-4-10(11)12/h5-8H,3-4H2,1-2H3. The van der Waals surface area contributed by atoms with E-state index in [2.05, 4.69) is 0 Å². The minimum atomic E-state index is 0.764. The highest BCUT2D eigenvalue weighted by Gasteiger charge is 2.17. The van der Waals surface area contributed by atoms with Crippen molar-refractivity contribution in [2.75, 3.05) is 14.2 Å². The normalized spacial score (nSPS) is 13.8. The lowest BCUT2D eigenvalue weighted by Crippen LogP contribution is -2.04. The fourth-order valence-electron chi connectivity index (χ4n) is 2.03. The van der Waals surface area contributed by atoms with Gasteiger partial charge in [-0.05, 0) is 36.6 Å². The summed E-state index contributed by atoms with van der Waals surface area (Å²) >= 11 is 0. The molecule has 1 aromatic carbocycles. The highest BCUT2D eigenvalue weighted by atomic mass is 16.5. The molecule has 1 aliphatic carbocycles. The SMILES string of the molecule is COc1ccc(OC)c2c1C=C(C=O)CC2. The van der Waals surface area contributed by atoms with E-state index in [1.807, 2.05) is 18.2 Å². The van der Waals surface area contributed by atoms with Crippen LogP contribution < -0.4 is 9.47 Å². The first-order chi connectivity index (χ1) is 7.80. The van der Waals surface area contributed by atoms with Crippen molar-refractivity contribution in [2.24, 2.45) is 0 Å². The second-order valence-electron chi connectivity index (χ2n) is 3.70. The highest BCUT2D eigenvalue weighted by molar-refractivity contribution is 5.85. The summed E-state index contributed by atoms with van der Waals surface area (Å²) in [4.78, 5) is 10.8. The molecule has 0 spiro atoms. The van der Waals surface area contributed by atoms with Gasteiger partial charge in [-0.1, -0.05) is 0 Å². The largest absolute Gasteiger partial charge is 0.496 e. The predicted octanol–water partition coefficient (Wildman–Crippen LogP) is 2.23. The number of methoxy groups -OCH3 is 2. The van der Waals surface area contributed by atoms with E-state index in [-0.39, 0.29) is 0 Å². The van der Waals surface area contributed by atoms with Crippen LogP contribution in [0.25, 0.3) is 6.08 Å². The van der Waals surface area contributed by atoms with Gasteiger partial charge in [-0.3, -0.25) is 4.79 Å². The van der Waals surface area contributed by atoms with Crippen molar-refractivity contribution < 1.29 is 14.3 Å². The van der Waals surface area contributed by atoms with E-state index in [0.717, 1.165) is 47.3 Å². The Morgan fingerprint density at radius 1 is 1.12 bits per heavy atom. The van der Waals surface area contributed by atoms with Crippen LogP contribution in [0.2, 0.25) is 0 Å². The van der Waals surface area contributed by atoms with E-state index < -0.39 is 0 Å². The molecule has 3 nitrogen and oxygen atoms in total. The van der Waals surface area contributed by atoms with Crippen LogP contribution >= 0.6 is 0 Å². The summed E-state index contributed by atoms with van der Waals surface area (Å²) in [6, 6.07) is 3.76. The van der Waals surface area contributed by atoms with E-state index in [9.17, 15) is 4.79 Å². The van der Waals surface area contributed by atoms with E-state index in [1.54, 1.807) is 14.2 Å². The number of ether oxygens (including phenoxy) is 2. The summed E-state index contributed by atoms with van der Waals surface area (Å²) in [5, 5.41) is 0. The van der Waals surface area contributed by atoms with E-state index >= 15 is 0 Å². The van der Waals surface area contributed by atoms with Crippen LogP contribution in [-0.2, 0) is 11.2 Å². The molecule has 16 heavy (non-hydrogen) atoms. The van der Waals surface area contributed by atoms with Gasteiger partial charge in [0.1, 0.15) is 17.8 Å². The zero-order valence-corrected chi connectivity index (χ0v) is 9.45. The molecule has 0 bridgehead atoms. The molecule has 0 amide bonds. The third kappa shape index (κ3) is 1.69. The lowest BCUT2D eigenvalue weighted by molar-refractivity contribution is -0.105. The van der Waals surface area contributed by atoms with Crippen LogP contribution in [-0.4, -0.2) is 20.5 Å². The molecule has 84 valence electrons. The minimum Gasteiger partial charge on any atom is -0.496 e. The molecule has 0 saturated heterocycles. The molecule has 0 atom stereocenters. The molecule has 0 aliphatic heterocycles. The Kier molecular flexibility index (Phi) is 2.95. The second kappa shape index (κ2) is 4.39. The number of fused-ring (bicyclic) bond motifs is 1. The summed E-state index contributed by atoms with van der Waals surface area (Å²) in [6.07, 6.45) is 4.37. The van der Waals surface area contributed by atoms with Crippen LogP contribution in [0.15, 0.2) is 17.7 Å². The van der Waals surface area contributed by atoms with Gasteiger partial charge in [0.05, 0.1) is 14.2 Å². The topological polar surface area (TPSA) is 35.5 Å². The van der Waals surface area contributed by atoms with Crippen LogP contribution in [0.1, 0.15) is 17.5 Å². The Balaban J connectivity index is 2.59. The molecule has 1 aliphatic rings. The Bertz CT molecular complexity index is 447. The average molecular weight is 218 g/mol. The second-order valence-corrected chi connectivity index (χ2v) is 3.70. The van der Waals surface area contributed by atoms with Gasteiger partial charge in [-0.25, -0.2) is 0 Å². The van der Waals surface area contributed by atoms with Gasteiger partial charge in [0.2, 0.25) is 0 Å². The van der Waals surface area contributed by atoms with Crippen molar-refractivity contribution in [3.63, 3.8) is 0 Å². The van der Waals surface area contributed by atoms with Crippen LogP contribution in [0.4, 0.5) is 0 Å². The summed E-state index contributed by atoms with van der Waals surface area (Å²) in [5.41, 5.74) is 2.89. The van der Waals surface area contributed by atoms with E-state index in [1.165, 1.54) is 0 Å². The van der Waals surface area contributed by atoms with Crippen molar-refractivity contribution in [1.29, 1.82) is 0 Å². The Labute approximate surface area is 94.7 Å². The monoisotopic (exact) mass is 218 g/mol. The molecule has 0 N–H and O–H groups in total. The van der Waals surface area contributed by atoms with Crippen molar-refractivity contribution in [2.45, 2.75) is 12.8 Å². The number of carbonyl (C=O) groups is 1. The van der Waals surface area contributed by atoms with E-state index in [4.69, 9.17) is 9.47 Å². The number of carbonyl (C=O) groups excluding carboxylic acids is 1. The smallest absolute Gasteiger partial charge is 0.146 e. The molecule has 0 unspecified atom stereocenters. The van der Waals surface area contributed by atoms with Crippen LogP contribution in [0.3, 0.4) is 0 Å². The molecule has 0 aromatic heterocycles. The number of aldehydes is 1. The summed E-state index contributed by atoms with van der Waals surface area (Å²) in [7, 11) is 3.28. The van der Waals surface area contributed by atoms with Crippen molar-refractivity contribution >= 4 is 12.4 Å². The zero-order valence-electron chi connectivity index (χ0n) is 9.45. The van der Waals surface area contributed by atoms with Crippen LogP contribution in [0, 0.1) is 0 Å². The molecular weight excluding hydrogens is 204 g/mol. The maximum Gasteiger partial charge on any atom is 0.146 e. The fourth-order valence-corrected chi connectivity index (χ4v) is 2.03. The molecule has 0 heterocycles. The fraction of sp³-hybridized carbons (Fsp3) is 0.308. The van der Waals surface area contributed by atoms with Crippen molar-refractivity contribution in [3.05, 3.63) is 28.8 Å². The molecule has 1 aromatic rings. The Morgan fingerprint density at radius 3 is 2.44 bits per heavy atom. The first-order valence-electron chi connectivity index (χ1n) is 5.19. The maximum atomic E-state index is 10.8. The molecule has 3 heteroatoms. The third-order valence-electron chi connectivity index (χ3n) is 2.86. The summed E-state index contributed by atoms with van der Waals surface area (Å²) in [5.74, 6) is 1.65. The van der Waals surface area contributed by atoms with Crippen molar-refractivity contribution in [3.8, 4) is 11.5 Å². The van der Waals surface area contributed by atoms with Gasteiger partial charge in [0.15, 0.2) is 0 Å². The number of benzene rings is 1. The first kappa shape index (κ1) is 10.7. The average Bonchev–Trinajstić information content (AvgIpc) is 2.36. The highest BCUT2D eigenvalue weighted by Crippen LogP contribution is 2.36. The number of rotatable bonds is 3. The van der Waals surface area contributed by atoms with Gasteiger partial charge in [-0.2, -0.15) is 0 Å². The molecule has 0 radical (unpaired) electrons. The van der Waals surface area contributed by atoms with Gasteiger partial charge >= 0.3 is 0 Å². The zero-order chi connectivity index (χ0) is 11.5. The summed E-state index contributed by atoms with van der Waals surface area (Å²) < 4.78 is 10.6. The van der Waals surface area contributed by atoms with Gasteiger partial charge in [-0.15, -0.1) is 0 Å². The maximum absolute atomic E-state index is 10.8. The third-order valence-corrected chi connectivity index (χ3v) is 2.86. The predicted molar refractivity (Wildman–Crippen MR) is 61.9 cm³/mol. The number of hydrogen-bond donors (Lipinski definition) is 0. The lowest BCUT2D eigenvalue weighted by Gasteiger charge is -2.19. The molecular formula is C13H14O3. The lowest BCUT2D eigenvalue weighted by atomic mass is 9.91. The van der Waals surface area contributed by atoms with Crippen molar-refractivity contribution in [1.82, 2.24) is 0 Å². The quantitative estimate of drug-likeness (QED) is 0.730. The Morgan fingerprint density at radius 2 is 1.81 bits per heavy atom. The van der Waals surface area contributed by atoms with Gasteiger partial charge in [0.25, 0.3) is 0 Å². The van der Waals surface area contributed by atoms with E-state index in [0.29, 0.717) is 0 Å². The van der Waals surface area contributed by atoms with Gasteiger partial charge in [0, 0.05) is 11.1 Å². The van der Waals surface area contributed by atoms with Gasteiger partial charge < -0.3 is 9.47 Å². The molecule has 2 rings (SSSR count). The number of allylic oxidation sites excluding steroid dienone is 1. The number of hydrogen-bond acceptors (Lipinski definition) is 3. The Hall–Kier alpha value is -1.77. The minimum absolute atomic E-state index is 0.764. The molecule has 0 fully saturated rings. The molecule has 0 saturated carbocycles.